The van der Waals surface area contributed by atoms with E-state index in [2.05, 4.69) is 34.4 Å². The molecule has 1 saturated heterocycles. The number of anilines is 1. The molecule has 3 rings (SSSR count). The Labute approximate surface area is 170 Å². The largest absolute Gasteiger partial charge is 0.362 e. The number of carbonyl (C=O) groups is 1. The number of nitrogens with one attached hydrogen (secondary N) is 2. The number of hydrogen-bond acceptors (Lipinski definition) is 4. The van der Waals surface area contributed by atoms with E-state index in [0.29, 0.717) is 17.5 Å². The van der Waals surface area contributed by atoms with Crippen molar-refractivity contribution < 1.29 is 4.79 Å². The molecule has 27 heavy (non-hydrogen) atoms. The molecule has 144 valence electrons. The average Bonchev–Trinajstić information content (AvgIpc) is 3.17. The highest BCUT2D eigenvalue weighted by Gasteiger charge is 2.25. The third-order valence-corrected chi connectivity index (χ3v) is 5.99. The molecule has 1 aromatic heterocycles. The Kier molecular flexibility index (Phi) is 6.79. The second kappa shape index (κ2) is 9.28. The van der Waals surface area contributed by atoms with Gasteiger partial charge in [0.2, 0.25) is 0 Å². The second-order valence-corrected chi connectivity index (χ2v) is 8.51. The summed E-state index contributed by atoms with van der Waals surface area (Å²) in [4.78, 5) is 19.2. The van der Waals surface area contributed by atoms with Crippen molar-refractivity contribution in [2.75, 3.05) is 25.0 Å². The molecule has 2 aromatic rings. The Bertz CT molecular complexity index is 767. The van der Waals surface area contributed by atoms with Crippen molar-refractivity contribution in [3.05, 3.63) is 46.4 Å². The molecule has 0 saturated carbocycles. The maximum Gasteiger partial charge on any atom is 0.275 e. The van der Waals surface area contributed by atoms with E-state index in [0.717, 1.165) is 48.3 Å². The van der Waals surface area contributed by atoms with E-state index in [4.69, 9.17) is 12.2 Å². The van der Waals surface area contributed by atoms with Gasteiger partial charge in [-0.3, -0.25) is 4.79 Å². The highest BCUT2D eigenvalue weighted by molar-refractivity contribution is 7.80. The van der Waals surface area contributed by atoms with Crippen LogP contribution < -0.4 is 10.6 Å². The van der Waals surface area contributed by atoms with Crippen molar-refractivity contribution >= 4 is 40.3 Å². The zero-order chi connectivity index (χ0) is 19.2. The molecule has 1 aliphatic heterocycles. The molecule has 0 aliphatic carbocycles. The van der Waals surface area contributed by atoms with Crippen LogP contribution in [-0.2, 0) is 0 Å². The van der Waals surface area contributed by atoms with Gasteiger partial charge in [0.25, 0.3) is 5.91 Å². The second-order valence-electron chi connectivity index (χ2n) is 7.23. The van der Waals surface area contributed by atoms with Gasteiger partial charge in [0.15, 0.2) is 5.11 Å². The van der Waals surface area contributed by atoms with Crippen molar-refractivity contribution in [2.24, 2.45) is 5.92 Å². The highest BCUT2D eigenvalue weighted by atomic mass is 32.1. The summed E-state index contributed by atoms with van der Waals surface area (Å²) in [5, 5.41) is 9.99. The zero-order valence-electron chi connectivity index (χ0n) is 15.8. The summed E-state index contributed by atoms with van der Waals surface area (Å²) in [6.45, 7) is 7.12. The fourth-order valence-corrected chi connectivity index (χ4v) is 4.27. The van der Waals surface area contributed by atoms with Crippen LogP contribution in [0.3, 0.4) is 0 Å². The molecule has 0 atom stereocenters. The van der Waals surface area contributed by atoms with E-state index in [1.807, 2.05) is 35.7 Å². The topological polar surface area (TPSA) is 57.3 Å². The molecule has 0 bridgehead atoms. The van der Waals surface area contributed by atoms with Gasteiger partial charge < -0.3 is 15.5 Å². The molecular weight excluding hydrogens is 376 g/mol. The van der Waals surface area contributed by atoms with Crippen molar-refractivity contribution in [3.63, 3.8) is 0 Å². The minimum atomic E-state index is -0.153. The van der Waals surface area contributed by atoms with Crippen LogP contribution in [0.4, 0.5) is 5.69 Å². The van der Waals surface area contributed by atoms with Gasteiger partial charge in [0.05, 0.1) is 5.01 Å². The molecule has 7 heteroatoms. The van der Waals surface area contributed by atoms with Gasteiger partial charge in [-0.15, -0.1) is 11.3 Å². The summed E-state index contributed by atoms with van der Waals surface area (Å²) < 4.78 is 0. The molecule has 2 N–H and O–H groups in total. The molecule has 0 spiro atoms. The predicted molar refractivity (Wildman–Crippen MR) is 115 cm³/mol. The number of carbonyl (C=O) groups excluding carboxylic acids is 1. The van der Waals surface area contributed by atoms with Crippen molar-refractivity contribution in [2.45, 2.75) is 32.6 Å². The Hall–Kier alpha value is -1.99. The third-order valence-electron chi connectivity index (χ3n) is 4.58. The van der Waals surface area contributed by atoms with Gasteiger partial charge >= 0.3 is 0 Å². The first-order valence-electron chi connectivity index (χ1n) is 9.37. The number of likely N-dealkylation sites (tertiary alicyclic amines) is 1. The molecule has 1 aliphatic rings. The molecule has 1 amide bonds. The Morgan fingerprint density at radius 3 is 2.67 bits per heavy atom. The summed E-state index contributed by atoms with van der Waals surface area (Å²) in [5.74, 6) is 0.828. The van der Waals surface area contributed by atoms with Gasteiger partial charge in [-0.25, -0.2) is 4.98 Å². The SMILES string of the molecule is CC(C)CNC(=S)N1CCC(c2nc(C(=O)Nc3ccccc3)cs2)CC1. The maximum atomic E-state index is 12.4. The number of nitrogens with zero attached hydrogens (tertiary/aromatic N) is 2. The van der Waals surface area contributed by atoms with E-state index in [9.17, 15) is 4.79 Å². The van der Waals surface area contributed by atoms with E-state index in [1.54, 1.807) is 11.3 Å². The van der Waals surface area contributed by atoms with Crippen LogP contribution in [0.25, 0.3) is 0 Å². The van der Waals surface area contributed by atoms with Crippen LogP contribution in [0.2, 0.25) is 0 Å². The highest BCUT2D eigenvalue weighted by Crippen LogP contribution is 2.30. The Balaban J connectivity index is 1.52. The van der Waals surface area contributed by atoms with Crippen LogP contribution in [0.5, 0.6) is 0 Å². The van der Waals surface area contributed by atoms with Crippen LogP contribution in [0.15, 0.2) is 35.7 Å². The molecule has 0 radical (unpaired) electrons. The molecule has 1 aromatic carbocycles. The van der Waals surface area contributed by atoms with E-state index in [-0.39, 0.29) is 5.91 Å². The first-order chi connectivity index (χ1) is 13.0. The maximum absolute atomic E-state index is 12.4. The lowest BCUT2D eigenvalue weighted by Gasteiger charge is -2.33. The van der Waals surface area contributed by atoms with Crippen LogP contribution >= 0.6 is 23.6 Å². The normalized spacial score (nSPS) is 15.0. The number of thiazole rings is 1. The van der Waals surface area contributed by atoms with Gasteiger partial charge in [0, 0.05) is 36.6 Å². The molecule has 0 unspecified atom stereocenters. The quantitative estimate of drug-likeness (QED) is 0.737. The molecule has 2 heterocycles. The van der Waals surface area contributed by atoms with Gasteiger partial charge in [0.1, 0.15) is 5.69 Å². The third kappa shape index (κ3) is 5.49. The lowest BCUT2D eigenvalue weighted by molar-refractivity contribution is 0.102. The fourth-order valence-electron chi connectivity index (χ4n) is 3.03. The lowest BCUT2D eigenvalue weighted by Crippen LogP contribution is -2.44. The fraction of sp³-hybridized carbons (Fsp3) is 0.450. The summed E-state index contributed by atoms with van der Waals surface area (Å²) >= 11 is 7.08. The average molecular weight is 403 g/mol. The standard InChI is InChI=1S/C20H26N4OS2/c1-14(2)12-21-20(26)24-10-8-15(9-11-24)19-23-17(13-27-19)18(25)22-16-6-4-3-5-7-16/h3-7,13-15H,8-12H2,1-2H3,(H,21,26)(H,22,25). The number of rotatable bonds is 5. The van der Waals surface area contributed by atoms with Crippen molar-refractivity contribution in [1.29, 1.82) is 0 Å². The van der Waals surface area contributed by atoms with Gasteiger partial charge in [-0.1, -0.05) is 32.0 Å². The van der Waals surface area contributed by atoms with Crippen LogP contribution in [0, 0.1) is 5.92 Å². The van der Waals surface area contributed by atoms with E-state index >= 15 is 0 Å². The first-order valence-corrected chi connectivity index (χ1v) is 10.7. The summed E-state index contributed by atoms with van der Waals surface area (Å²) in [6, 6.07) is 9.47. The minimum absolute atomic E-state index is 0.153. The predicted octanol–water partition coefficient (Wildman–Crippen LogP) is 4.11. The number of benzene rings is 1. The first kappa shape index (κ1) is 19.8. The molecule has 5 nitrogen and oxygen atoms in total. The van der Waals surface area contributed by atoms with Crippen LogP contribution in [-0.4, -0.2) is 40.5 Å². The number of aromatic nitrogens is 1. The number of piperidine rings is 1. The van der Waals surface area contributed by atoms with E-state index < -0.39 is 0 Å². The minimum Gasteiger partial charge on any atom is -0.362 e. The molecule has 1 fully saturated rings. The van der Waals surface area contributed by atoms with Crippen LogP contribution in [0.1, 0.15) is 48.1 Å². The summed E-state index contributed by atoms with van der Waals surface area (Å²) in [5.41, 5.74) is 1.28. The Morgan fingerprint density at radius 2 is 2.00 bits per heavy atom. The van der Waals surface area contributed by atoms with Crippen molar-refractivity contribution in [3.8, 4) is 0 Å². The number of thiocarbonyl (C=S) groups is 1. The summed E-state index contributed by atoms with van der Waals surface area (Å²) in [7, 11) is 0. The number of hydrogen-bond donors (Lipinski definition) is 2. The molecular formula is C20H26N4OS2. The monoisotopic (exact) mass is 402 g/mol. The van der Waals surface area contributed by atoms with Gasteiger partial charge in [-0.05, 0) is 43.1 Å². The zero-order valence-corrected chi connectivity index (χ0v) is 17.4. The summed E-state index contributed by atoms with van der Waals surface area (Å²) in [6.07, 6.45) is 2.02. The number of amides is 1. The number of para-hydroxylation sites is 1. The van der Waals surface area contributed by atoms with Crippen molar-refractivity contribution in [1.82, 2.24) is 15.2 Å². The van der Waals surface area contributed by atoms with Gasteiger partial charge in [-0.2, -0.15) is 0 Å². The van der Waals surface area contributed by atoms with E-state index in [1.165, 1.54) is 0 Å². The Morgan fingerprint density at radius 1 is 1.30 bits per heavy atom. The lowest BCUT2D eigenvalue weighted by atomic mass is 9.98. The smallest absolute Gasteiger partial charge is 0.275 e.